The molecule has 1 aliphatic rings. The second kappa shape index (κ2) is 5.19. The second-order valence-electron chi connectivity index (χ2n) is 4.55. The summed E-state index contributed by atoms with van der Waals surface area (Å²) in [6.07, 6.45) is 1.75. The van der Waals surface area contributed by atoms with Crippen LogP contribution in [0.3, 0.4) is 0 Å². The molecule has 2 N–H and O–H groups in total. The van der Waals surface area contributed by atoms with Gasteiger partial charge in [0.15, 0.2) is 0 Å². The minimum atomic E-state index is -0.400. The molecule has 0 spiro atoms. The van der Waals surface area contributed by atoms with E-state index in [-0.39, 0.29) is 5.91 Å². The quantitative estimate of drug-likeness (QED) is 0.896. The number of aliphatic hydroxyl groups excluding tert-OH is 1. The van der Waals surface area contributed by atoms with Crippen LogP contribution < -0.4 is 5.32 Å². The number of benzene rings is 1. The average Bonchev–Trinajstić information content (AvgIpc) is 3.13. The van der Waals surface area contributed by atoms with E-state index in [0.29, 0.717) is 18.0 Å². The maximum Gasteiger partial charge on any atom is 0.252 e. The summed E-state index contributed by atoms with van der Waals surface area (Å²) in [5, 5.41) is 12.5. The van der Waals surface area contributed by atoms with Gasteiger partial charge in [0, 0.05) is 11.0 Å². The zero-order chi connectivity index (χ0) is 12.4. The third kappa shape index (κ3) is 3.07. The van der Waals surface area contributed by atoms with Gasteiger partial charge in [-0.15, -0.1) is 0 Å². The van der Waals surface area contributed by atoms with E-state index < -0.39 is 6.10 Å². The lowest BCUT2D eigenvalue weighted by Gasteiger charge is -2.12. The summed E-state index contributed by atoms with van der Waals surface area (Å²) >= 11 is 3.41. The second-order valence-corrected chi connectivity index (χ2v) is 5.34. The van der Waals surface area contributed by atoms with Crippen LogP contribution in [0.5, 0.6) is 0 Å². The van der Waals surface area contributed by atoms with Crippen molar-refractivity contribution in [3.63, 3.8) is 0 Å². The van der Waals surface area contributed by atoms with Crippen LogP contribution in [-0.4, -0.2) is 23.7 Å². The van der Waals surface area contributed by atoms with Gasteiger partial charge in [-0.3, -0.25) is 4.79 Å². The Morgan fingerprint density at radius 1 is 1.59 bits per heavy atom. The fourth-order valence-corrected chi connectivity index (χ4v) is 2.21. The van der Waals surface area contributed by atoms with E-state index in [1.54, 1.807) is 6.07 Å². The van der Waals surface area contributed by atoms with Crippen molar-refractivity contribution in [1.29, 1.82) is 0 Å². The first-order valence-electron chi connectivity index (χ1n) is 5.81. The number of nitrogens with one attached hydrogen (secondary N) is 1. The maximum atomic E-state index is 11.9. The van der Waals surface area contributed by atoms with Crippen molar-refractivity contribution < 1.29 is 9.90 Å². The van der Waals surface area contributed by atoms with Gasteiger partial charge < -0.3 is 10.4 Å². The largest absolute Gasteiger partial charge is 0.391 e. The van der Waals surface area contributed by atoms with Gasteiger partial charge in [-0.05, 0) is 53.2 Å². The summed E-state index contributed by atoms with van der Waals surface area (Å²) in [7, 11) is 0. The Morgan fingerprint density at radius 3 is 2.94 bits per heavy atom. The highest BCUT2D eigenvalue weighted by Crippen LogP contribution is 2.32. The van der Waals surface area contributed by atoms with E-state index in [1.165, 1.54) is 0 Å². The fraction of sp³-hybridized carbons (Fsp3) is 0.462. The number of halogens is 1. The Balaban J connectivity index is 1.96. The zero-order valence-corrected chi connectivity index (χ0v) is 11.3. The van der Waals surface area contributed by atoms with Crippen molar-refractivity contribution in [3.05, 3.63) is 33.8 Å². The van der Waals surface area contributed by atoms with Gasteiger partial charge in [-0.25, -0.2) is 0 Å². The van der Waals surface area contributed by atoms with Gasteiger partial charge in [0.2, 0.25) is 0 Å². The van der Waals surface area contributed by atoms with Gasteiger partial charge in [-0.2, -0.15) is 0 Å². The summed E-state index contributed by atoms with van der Waals surface area (Å²) in [4.78, 5) is 11.9. The Bertz CT molecular complexity index is 429. The number of amides is 1. The number of aliphatic hydroxyl groups is 1. The Morgan fingerprint density at radius 2 is 2.29 bits per heavy atom. The molecule has 2 rings (SSSR count). The van der Waals surface area contributed by atoms with E-state index in [2.05, 4.69) is 21.2 Å². The lowest BCUT2D eigenvalue weighted by atomic mass is 10.1. The highest BCUT2D eigenvalue weighted by Gasteiger charge is 2.29. The highest BCUT2D eigenvalue weighted by atomic mass is 79.9. The highest BCUT2D eigenvalue weighted by molar-refractivity contribution is 9.10. The number of aryl methyl sites for hydroxylation is 1. The van der Waals surface area contributed by atoms with Crippen LogP contribution in [0.25, 0.3) is 0 Å². The standard InChI is InChI=1S/C13H16BrNO2/c1-8-3-2-4-10(12(8)14)13(17)15-7-11(16)9-5-6-9/h2-4,9,11,16H,5-7H2,1H3,(H,15,17). The predicted octanol–water partition coefficient (Wildman–Crippen LogP) is 2.26. The molecule has 1 atom stereocenters. The topological polar surface area (TPSA) is 49.3 Å². The van der Waals surface area contributed by atoms with Crippen molar-refractivity contribution in [3.8, 4) is 0 Å². The van der Waals surface area contributed by atoms with Crippen LogP contribution >= 0.6 is 15.9 Å². The molecule has 1 aromatic rings. The van der Waals surface area contributed by atoms with Crippen molar-refractivity contribution >= 4 is 21.8 Å². The van der Waals surface area contributed by atoms with Crippen LogP contribution in [0.15, 0.2) is 22.7 Å². The van der Waals surface area contributed by atoms with Crippen LogP contribution in [-0.2, 0) is 0 Å². The molecule has 0 radical (unpaired) electrons. The molecule has 0 saturated heterocycles. The van der Waals surface area contributed by atoms with E-state index in [4.69, 9.17) is 0 Å². The molecule has 0 heterocycles. The summed E-state index contributed by atoms with van der Waals surface area (Å²) in [6, 6.07) is 5.57. The molecule has 0 aliphatic heterocycles. The maximum absolute atomic E-state index is 11.9. The summed E-state index contributed by atoms with van der Waals surface area (Å²) in [6.45, 7) is 2.28. The van der Waals surface area contributed by atoms with Gasteiger partial charge >= 0.3 is 0 Å². The first-order valence-corrected chi connectivity index (χ1v) is 6.60. The molecule has 1 unspecified atom stereocenters. The number of hydrogen-bond donors (Lipinski definition) is 2. The Kier molecular flexibility index (Phi) is 3.84. The molecule has 1 aromatic carbocycles. The third-order valence-corrected chi connectivity index (χ3v) is 4.13. The van der Waals surface area contributed by atoms with Crippen LogP contribution in [0.1, 0.15) is 28.8 Å². The average molecular weight is 298 g/mol. The minimum absolute atomic E-state index is 0.139. The SMILES string of the molecule is Cc1cccc(C(=O)NCC(O)C2CC2)c1Br. The molecular weight excluding hydrogens is 282 g/mol. The van der Waals surface area contributed by atoms with Crippen molar-refractivity contribution in [2.24, 2.45) is 5.92 Å². The monoisotopic (exact) mass is 297 g/mol. The molecular formula is C13H16BrNO2. The van der Waals surface area contributed by atoms with E-state index in [9.17, 15) is 9.90 Å². The van der Waals surface area contributed by atoms with Gasteiger partial charge in [0.1, 0.15) is 0 Å². The lowest BCUT2D eigenvalue weighted by Crippen LogP contribution is -2.33. The van der Waals surface area contributed by atoms with Crippen LogP contribution in [0.4, 0.5) is 0 Å². The molecule has 1 saturated carbocycles. The fourth-order valence-electron chi connectivity index (χ4n) is 1.76. The van der Waals surface area contributed by atoms with Gasteiger partial charge in [-0.1, -0.05) is 12.1 Å². The van der Waals surface area contributed by atoms with Crippen molar-refractivity contribution in [2.75, 3.05) is 6.54 Å². The summed E-state index contributed by atoms with van der Waals surface area (Å²) in [5.74, 6) is 0.247. The molecule has 0 bridgehead atoms. The zero-order valence-electron chi connectivity index (χ0n) is 9.74. The normalized spacial score (nSPS) is 16.6. The molecule has 1 amide bonds. The first-order chi connectivity index (χ1) is 8.09. The Labute approximate surface area is 109 Å². The molecule has 1 aliphatic carbocycles. The van der Waals surface area contributed by atoms with Crippen LogP contribution in [0, 0.1) is 12.8 Å². The molecule has 4 heteroatoms. The van der Waals surface area contributed by atoms with Gasteiger partial charge in [0.25, 0.3) is 5.91 Å². The number of carbonyl (C=O) groups is 1. The van der Waals surface area contributed by atoms with E-state index >= 15 is 0 Å². The molecule has 17 heavy (non-hydrogen) atoms. The third-order valence-electron chi connectivity index (χ3n) is 3.07. The van der Waals surface area contributed by atoms with Gasteiger partial charge in [0.05, 0.1) is 11.7 Å². The first kappa shape index (κ1) is 12.6. The van der Waals surface area contributed by atoms with E-state index in [0.717, 1.165) is 22.9 Å². The predicted molar refractivity (Wildman–Crippen MR) is 69.9 cm³/mol. The molecule has 0 aromatic heterocycles. The summed E-state index contributed by atoms with van der Waals surface area (Å²) < 4.78 is 0.818. The smallest absolute Gasteiger partial charge is 0.252 e. The number of rotatable bonds is 4. The van der Waals surface area contributed by atoms with Crippen LogP contribution in [0.2, 0.25) is 0 Å². The molecule has 3 nitrogen and oxygen atoms in total. The molecule has 1 fully saturated rings. The van der Waals surface area contributed by atoms with E-state index in [1.807, 2.05) is 19.1 Å². The summed E-state index contributed by atoms with van der Waals surface area (Å²) in [5.41, 5.74) is 1.65. The number of hydrogen-bond acceptors (Lipinski definition) is 2. The van der Waals surface area contributed by atoms with Crippen molar-refractivity contribution in [2.45, 2.75) is 25.9 Å². The Hall–Kier alpha value is -0.870. The molecule has 92 valence electrons. The lowest BCUT2D eigenvalue weighted by molar-refractivity contribution is 0.0900. The number of carbonyl (C=O) groups excluding carboxylic acids is 1. The van der Waals surface area contributed by atoms with Crippen molar-refractivity contribution in [1.82, 2.24) is 5.32 Å². The minimum Gasteiger partial charge on any atom is -0.391 e.